The van der Waals surface area contributed by atoms with E-state index in [1.165, 1.54) is 12.1 Å². The molecule has 0 fully saturated rings. The van der Waals surface area contributed by atoms with Gasteiger partial charge < -0.3 is 0 Å². The van der Waals surface area contributed by atoms with Gasteiger partial charge in [0.1, 0.15) is 0 Å². The van der Waals surface area contributed by atoms with Gasteiger partial charge in [0, 0.05) is 16.0 Å². The van der Waals surface area contributed by atoms with Crippen molar-refractivity contribution in [3.05, 3.63) is 34.6 Å². The summed E-state index contributed by atoms with van der Waals surface area (Å²) in [5.41, 5.74) is 0. The summed E-state index contributed by atoms with van der Waals surface area (Å²) < 4.78 is 29.2. The van der Waals surface area contributed by atoms with E-state index in [0.29, 0.717) is 0 Å². The van der Waals surface area contributed by atoms with Crippen molar-refractivity contribution in [2.45, 2.75) is 8.69 Å². The van der Waals surface area contributed by atoms with Gasteiger partial charge in [-0.2, -0.15) is 9.36 Å². The lowest BCUT2D eigenvalue weighted by atomic mass is 10.4. The first-order chi connectivity index (χ1) is 9.18. The first-order valence-corrected chi connectivity index (χ1v) is 9.06. The lowest BCUT2D eigenvalue weighted by molar-refractivity contribution is 0.601. The van der Waals surface area contributed by atoms with E-state index in [-0.39, 0.29) is 15.9 Å². The molecule has 0 aliphatic rings. The molecule has 1 heterocycles. The highest BCUT2D eigenvalue weighted by Crippen LogP contribution is 2.37. The summed E-state index contributed by atoms with van der Waals surface area (Å²) in [5, 5.41) is 0.0224. The predicted octanol–water partition coefficient (Wildman–Crippen LogP) is 3.93. The second kappa shape index (κ2) is 5.94. The van der Waals surface area contributed by atoms with Gasteiger partial charge in [-0.1, -0.05) is 50.7 Å². The van der Waals surface area contributed by atoms with Crippen LogP contribution in [0.1, 0.15) is 5.82 Å². The van der Waals surface area contributed by atoms with Gasteiger partial charge in [-0.3, -0.25) is 4.72 Å². The molecule has 11 heteroatoms. The number of sulfonamides is 1. The molecule has 0 saturated carbocycles. The van der Waals surface area contributed by atoms with Crippen LogP contribution < -0.4 is 4.72 Å². The van der Waals surface area contributed by atoms with Gasteiger partial charge >= 0.3 is 0 Å². The molecule has 0 atom stereocenters. The van der Waals surface area contributed by atoms with Crippen LogP contribution in [-0.2, 0) is 13.8 Å². The van der Waals surface area contributed by atoms with Gasteiger partial charge in [-0.25, -0.2) is 8.42 Å². The molecule has 0 saturated heterocycles. The Kier molecular flexibility index (Phi) is 4.83. The van der Waals surface area contributed by atoms with Crippen molar-refractivity contribution in [1.82, 2.24) is 9.36 Å². The second-order valence-corrected chi connectivity index (χ2v) is 9.11. The van der Waals surface area contributed by atoms with Gasteiger partial charge in [0.05, 0.1) is 4.90 Å². The molecule has 108 valence electrons. The molecule has 1 aromatic carbocycles. The monoisotopic (exact) mass is 435 g/mol. The molecule has 0 aliphatic carbocycles. The number of benzene rings is 1. The molecule has 0 spiro atoms. The van der Waals surface area contributed by atoms with E-state index in [1.54, 1.807) is 12.1 Å². The molecule has 0 aliphatic heterocycles. The average molecular weight is 438 g/mol. The minimum absolute atomic E-state index is 0.0224. The molecule has 0 unspecified atom stereocenters. The van der Waals surface area contributed by atoms with Crippen LogP contribution in [0, 0.1) is 0 Å². The zero-order valence-corrected chi connectivity index (χ0v) is 14.8. The Bertz CT molecular complexity index is 713. The fourth-order valence-corrected chi connectivity index (χ4v) is 3.68. The number of nitrogens with zero attached hydrogens (tertiary/aromatic N) is 2. The van der Waals surface area contributed by atoms with Crippen molar-refractivity contribution in [3.8, 4) is 0 Å². The third-order valence-electron chi connectivity index (χ3n) is 2.03. The zero-order valence-electron chi connectivity index (χ0n) is 9.35. The Balaban J connectivity index is 2.25. The van der Waals surface area contributed by atoms with Crippen LogP contribution in [0.25, 0.3) is 0 Å². The van der Waals surface area contributed by atoms with Gasteiger partial charge in [-0.05, 0) is 24.3 Å². The summed E-state index contributed by atoms with van der Waals surface area (Å²) in [6.07, 6.45) is 0. The quantitative estimate of drug-likeness (QED) is 0.739. The van der Waals surface area contributed by atoms with Gasteiger partial charge in [0.25, 0.3) is 13.8 Å². The van der Waals surface area contributed by atoms with Gasteiger partial charge in [-0.15, -0.1) is 0 Å². The lowest BCUT2D eigenvalue weighted by Gasteiger charge is -2.05. The van der Waals surface area contributed by atoms with Crippen LogP contribution in [0.3, 0.4) is 0 Å². The highest BCUT2D eigenvalue weighted by Gasteiger charge is 2.29. The third-order valence-corrected chi connectivity index (χ3v) is 5.18. The van der Waals surface area contributed by atoms with Crippen LogP contribution in [0.2, 0.25) is 0 Å². The van der Waals surface area contributed by atoms with Crippen molar-refractivity contribution in [1.29, 1.82) is 0 Å². The summed E-state index contributed by atoms with van der Waals surface area (Å²) in [5.74, 6) is -0.0824. The topological polar surface area (TPSA) is 72.0 Å². The molecule has 1 N–H and O–H groups in total. The number of anilines is 1. The van der Waals surface area contributed by atoms with E-state index < -0.39 is 13.8 Å². The van der Waals surface area contributed by atoms with Crippen LogP contribution >= 0.6 is 62.3 Å². The summed E-state index contributed by atoms with van der Waals surface area (Å²) in [4.78, 5) is 3.91. The third kappa shape index (κ3) is 3.96. The SMILES string of the molecule is O=S(=O)(Nc1nc(C(Cl)(Cl)Cl)ns1)c1ccc(Br)cc1. The largest absolute Gasteiger partial charge is 0.263 e. The summed E-state index contributed by atoms with van der Waals surface area (Å²) in [6.45, 7) is 0. The minimum atomic E-state index is -3.75. The van der Waals surface area contributed by atoms with E-state index in [1.807, 2.05) is 0 Å². The Morgan fingerprint density at radius 1 is 1.20 bits per heavy atom. The Labute approximate surface area is 142 Å². The fraction of sp³-hybridized carbons (Fsp3) is 0.111. The van der Waals surface area contributed by atoms with Crippen LogP contribution in [-0.4, -0.2) is 17.8 Å². The van der Waals surface area contributed by atoms with E-state index >= 15 is 0 Å². The van der Waals surface area contributed by atoms with E-state index in [9.17, 15) is 8.42 Å². The van der Waals surface area contributed by atoms with E-state index in [0.717, 1.165) is 16.0 Å². The highest BCUT2D eigenvalue weighted by molar-refractivity contribution is 9.10. The number of alkyl halides is 3. The minimum Gasteiger partial charge on any atom is -0.253 e. The van der Waals surface area contributed by atoms with Crippen LogP contribution in [0.5, 0.6) is 0 Å². The summed E-state index contributed by atoms with van der Waals surface area (Å²) >= 11 is 20.8. The maximum atomic E-state index is 12.1. The number of nitrogens with one attached hydrogen (secondary N) is 1. The number of halogens is 4. The zero-order chi connectivity index (χ0) is 15.0. The molecular formula is C9H5BrCl3N3O2S2. The molecule has 1 aromatic heterocycles. The first kappa shape index (κ1) is 16.3. The van der Waals surface area contributed by atoms with Crippen molar-refractivity contribution < 1.29 is 8.42 Å². The van der Waals surface area contributed by atoms with Crippen LogP contribution in [0.4, 0.5) is 5.13 Å². The predicted molar refractivity (Wildman–Crippen MR) is 84.1 cm³/mol. The molecule has 0 radical (unpaired) electrons. The van der Waals surface area contributed by atoms with Crippen LogP contribution in [0.15, 0.2) is 33.6 Å². The maximum absolute atomic E-state index is 12.1. The second-order valence-electron chi connectivity index (χ2n) is 3.48. The molecular weight excluding hydrogens is 433 g/mol. The smallest absolute Gasteiger partial charge is 0.253 e. The van der Waals surface area contributed by atoms with Crippen molar-refractivity contribution in [3.63, 3.8) is 0 Å². The summed E-state index contributed by atoms with van der Waals surface area (Å²) in [6, 6.07) is 6.12. The van der Waals surface area contributed by atoms with E-state index in [4.69, 9.17) is 34.8 Å². The normalized spacial score (nSPS) is 12.4. The lowest BCUT2D eigenvalue weighted by Crippen LogP contribution is -2.13. The number of hydrogen-bond acceptors (Lipinski definition) is 5. The number of aromatic nitrogens is 2. The van der Waals surface area contributed by atoms with Gasteiger partial charge in [0.2, 0.25) is 5.13 Å². The molecule has 0 bridgehead atoms. The Hall–Kier alpha value is -0.120. The maximum Gasteiger partial charge on any atom is 0.263 e. The number of hydrogen-bond donors (Lipinski definition) is 1. The Morgan fingerprint density at radius 3 is 2.30 bits per heavy atom. The molecule has 0 amide bonds. The molecule has 5 nitrogen and oxygen atoms in total. The fourth-order valence-electron chi connectivity index (χ4n) is 1.17. The first-order valence-electron chi connectivity index (χ1n) is 4.88. The highest BCUT2D eigenvalue weighted by atomic mass is 79.9. The summed E-state index contributed by atoms with van der Waals surface area (Å²) in [7, 11) is -3.75. The molecule has 2 rings (SSSR count). The van der Waals surface area contributed by atoms with Crippen molar-refractivity contribution >= 4 is 77.4 Å². The Morgan fingerprint density at radius 2 is 1.80 bits per heavy atom. The number of rotatable bonds is 3. The van der Waals surface area contributed by atoms with Crippen molar-refractivity contribution in [2.24, 2.45) is 0 Å². The van der Waals surface area contributed by atoms with Gasteiger partial charge in [0.15, 0.2) is 5.82 Å². The van der Waals surface area contributed by atoms with Crippen molar-refractivity contribution in [2.75, 3.05) is 4.72 Å². The molecule has 2 aromatic rings. The van der Waals surface area contributed by atoms with E-state index in [2.05, 4.69) is 30.0 Å². The molecule has 20 heavy (non-hydrogen) atoms. The average Bonchev–Trinajstić information content (AvgIpc) is 2.77. The standard InChI is InChI=1S/C9H5BrCl3N3O2S2/c10-5-1-3-6(4-2-5)20(17,18)16-8-14-7(15-19-8)9(11,12)13/h1-4H,(H,14,15,16).